The highest BCUT2D eigenvalue weighted by molar-refractivity contribution is 7.81. The number of rotatable bonds is 9. The number of esters is 1. The molecule has 0 aliphatic carbocycles. The largest absolute Gasteiger partial charge is 0.490 e. The highest BCUT2D eigenvalue weighted by Crippen LogP contribution is 2.34. The minimum atomic E-state index is -0.533. The average molecular weight is 587 g/mol. The van der Waals surface area contributed by atoms with Crippen molar-refractivity contribution in [1.29, 1.82) is 0 Å². The summed E-state index contributed by atoms with van der Waals surface area (Å²) in [4.78, 5) is 42.5. The van der Waals surface area contributed by atoms with E-state index in [9.17, 15) is 14.4 Å². The minimum absolute atomic E-state index is 0.0669. The van der Waals surface area contributed by atoms with Crippen LogP contribution in [0.3, 0.4) is 0 Å². The normalized spacial score (nSPS) is 13.4. The van der Waals surface area contributed by atoms with Gasteiger partial charge in [0.2, 0.25) is 0 Å². The molecule has 0 atom stereocenters. The molecule has 0 N–H and O–H groups in total. The molecule has 0 aromatic heterocycles. The first-order valence-corrected chi connectivity index (χ1v) is 14.1. The maximum Gasteiger partial charge on any atom is 0.344 e. The number of aryl methyl sites for hydroxylation is 4. The van der Waals surface area contributed by atoms with Gasteiger partial charge in [0.05, 0.1) is 24.6 Å². The minimum Gasteiger partial charge on any atom is -0.490 e. The van der Waals surface area contributed by atoms with Crippen molar-refractivity contribution >= 4 is 52.6 Å². The van der Waals surface area contributed by atoms with E-state index in [1.165, 1.54) is 15.9 Å². The number of anilines is 2. The molecule has 0 unspecified atom stereocenters. The Bertz CT molecular complexity index is 1520. The van der Waals surface area contributed by atoms with Crippen molar-refractivity contribution in [3.05, 3.63) is 88.0 Å². The molecule has 42 heavy (non-hydrogen) atoms. The van der Waals surface area contributed by atoms with Crippen molar-refractivity contribution in [2.75, 3.05) is 29.6 Å². The maximum atomic E-state index is 14.0. The number of benzene rings is 3. The van der Waals surface area contributed by atoms with Crippen molar-refractivity contribution in [1.82, 2.24) is 0 Å². The topological polar surface area (TPSA) is 85.4 Å². The second-order valence-electron chi connectivity index (χ2n) is 9.89. The Morgan fingerprint density at radius 3 is 1.81 bits per heavy atom. The van der Waals surface area contributed by atoms with Crippen LogP contribution in [0.1, 0.15) is 41.7 Å². The van der Waals surface area contributed by atoms with Gasteiger partial charge in [-0.05, 0) is 124 Å². The molecule has 1 aliphatic heterocycles. The Labute approximate surface area is 251 Å². The number of ether oxygens (including phenoxy) is 3. The zero-order valence-corrected chi connectivity index (χ0v) is 25.5. The summed E-state index contributed by atoms with van der Waals surface area (Å²) in [5, 5.41) is 0.0753. The van der Waals surface area contributed by atoms with E-state index in [-0.39, 0.29) is 23.9 Å². The van der Waals surface area contributed by atoms with Gasteiger partial charge in [-0.15, -0.1) is 0 Å². The lowest BCUT2D eigenvalue weighted by Crippen LogP contribution is -2.57. The Hall–Kier alpha value is -4.50. The van der Waals surface area contributed by atoms with Crippen LogP contribution in [0.5, 0.6) is 11.5 Å². The van der Waals surface area contributed by atoms with E-state index in [1.54, 1.807) is 25.1 Å². The average Bonchev–Trinajstić information content (AvgIpc) is 2.95. The first kappa shape index (κ1) is 30.5. The zero-order chi connectivity index (χ0) is 30.6. The first-order valence-electron chi connectivity index (χ1n) is 13.7. The molecule has 3 aromatic rings. The molecule has 0 radical (unpaired) electrons. The fourth-order valence-electron chi connectivity index (χ4n) is 4.42. The fourth-order valence-corrected chi connectivity index (χ4v) is 4.80. The second kappa shape index (κ2) is 13.0. The number of hydrogen-bond acceptors (Lipinski definition) is 7. The van der Waals surface area contributed by atoms with Gasteiger partial charge in [-0.25, -0.2) is 4.79 Å². The van der Waals surface area contributed by atoms with E-state index in [2.05, 4.69) is 0 Å². The molecule has 1 heterocycles. The summed E-state index contributed by atoms with van der Waals surface area (Å²) in [6.07, 6.45) is 1.52. The quantitative estimate of drug-likeness (QED) is 0.131. The van der Waals surface area contributed by atoms with Crippen molar-refractivity contribution in [3.8, 4) is 11.5 Å². The smallest absolute Gasteiger partial charge is 0.344 e. The van der Waals surface area contributed by atoms with Crippen LogP contribution in [0, 0.1) is 27.7 Å². The molecule has 218 valence electrons. The Balaban J connectivity index is 1.80. The lowest BCUT2D eigenvalue weighted by molar-refractivity contribution is -0.145. The van der Waals surface area contributed by atoms with Gasteiger partial charge < -0.3 is 14.2 Å². The van der Waals surface area contributed by atoms with Crippen molar-refractivity contribution in [3.63, 3.8) is 0 Å². The van der Waals surface area contributed by atoms with Gasteiger partial charge in [0.1, 0.15) is 5.57 Å². The molecule has 3 aromatic carbocycles. The van der Waals surface area contributed by atoms with Gasteiger partial charge in [-0.2, -0.15) is 0 Å². The van der Waals surface area contributed by atoms with Crippen molar-refractivity contribution < 1.29 is 28.6 Å². The molecule has 1 saturated heterocycles. The molecule has 2 amide bonds. The molecule has 0 saturated carbocycles. The van der Waals surface area contributed by atoms with Gasteiger partial charge >= 0.3 is 5.97 Å². The maximum absolute atomic E-state index is 14.0. The summed E-state index contributed by atoms with van der Waals surface area (Å²) in [6, 6.07) is 16.2. The molecule has 4 rings (SSSR count). The van der Waals surface area contributed by atoms with Crippen LogP contribution >= 0.6 is 12.2 Å². The lowest BCUT2D eigenvalue weighted by Gasteiger charge is -2.37. The molecule has 9 heteroatoms. The lowest BCUT2D eigenvalue weighted by atomic mass is 10.0. The molecule has 0 bridgehead atoms. The van der Waals surface area contributed by atoms with E-state index in [0.717, 1.165) is 22.3 Å². The van der Waals surface area contributed by atoms with Gasteiger partial charge in [-0.3, -0.25) is 19.4 Å². The number of amides is 2. The van der Waals surface area contributed by atoms with Crippen LogP contribution in [-0.2, 0) is 19.1 Å². The van der Waals surface area contributed by atoms with E-state index >= 15 is 0 Å². The number of thiocarbonyl (C=S) groups is 1. The van der Waals surface area contributed by atoms with Crippen LogP contribution in [0.4, 0.5) is 11.4 Å². The van der Waals surface area contributed by atoms with Crippen LogP contribution in [-0.4, -0.2) is 42.7 Å². The number of carbonyl (C=O) groups is 3. The molecule has 0 spiro atoms. The summed E-state index contributed by atoms with van der Waals surface area (Å²) in [7, 11) is 0. The van der Waals surface area contributed by atoms with Gasteiger partial charge in [0, 0.05) is 0 Å². The van der Waals surface area contributed by atoms with E-state index in [1.807, 2.05) is 71.0 Å². The van der Waals surface area contributed by atoms with E-state index in [4.69, 9.17) is 26.4 Å². The number of hydrogen-bond donors (Lipinski definition) is 0. The second-order valence-corrected chi connectivity index (χ2v) is 10.3. The fraction of sp³-hybridized carbons (Fsp3) is 0.273. The van der Waals surface area contributed by atoms with Crippen molar-refractivity contribution in [2.24, 2.45) is 0 Å². The highest BCUT2D eigenvalue weighted by Gasteiger charge is 2.41. The Morgan fingerprint density at radius 2 is 1.31 bits per heavy atom. The summed E-state index contributed by atoms with van der Waals surface area (Å²) >= 11 is 5.79. The Morgan fingerprint density at radius 1 is 0.738 bits per heavy atom. The summed E-state index contributed by atoms with van der Waals surface area (Å²) in [6.45, 7) is 11.7. The number of nitrogens with zero attached hydrogens (tertiary/aromatic N) is 2. The summed E-state index contributed by atoms with van der Waals surface area (Å²) in [5.74, 6) is -0.872. The van der Waals surface area contributed by atoms with Crippen LogP contribution < -0.4 is 19.3 Å². The monoisotopic (exact) mass is 586 g/mol. The predicted octanol–water partition coefficient (Wildman–Crippen LogP) is 6.01. The van der Waals surface area contributed by atoms with Crippen LogP contribution in [0.15, 0.2) is 60.2 Å². The first-order chi connectivity index (χ1) is 20.0. The standard InChI is InChI=1S/C33H34N2O6S/c1-7-39-29-18-24(11-14-28(29)41-19-30(36)40-8-2)17-27-31(37)34(25-12-9-20(3)22(5)15-25)33(42)35(32(27)38)26-13-10-21(4)23(6)16-26/h9-18H,7-8,19H2,1-6H3. The summed E-state index contributed by atoms with van der Waals surface area (Å²) in [5.41, 5.74) is 5.72. The molecular formula is C33H34N2O6S. The predicted molar refractivity (Wildman–Crippen MR) is 167 cm³/mol. The van der Waals surface area contributed by atoms with Gasteiger partial charge in [0.25, 0.3) is 11.8 Å². The number of carbonyl (C=O) groups excluding carboxylic acids is 3. The third kappa shape index (κ3) is 6.36. The van der Waals surface area contributed by atoms with Crippen LogP contribution in [0.25, 0.3) is 6.08 Å². The van der Waals surface area contributed by atoms with Crippen molar-refractivity contribution in [2.45, 2.75) is 41.5 Å². The summed E-state index contributed by atoms with van der Waals surface area (Å²) < 4.78 is 16.3. The van der Waals surface area contributed by atoms with E-state index < -0.39 is 17.8 Å². The Kier molecular flexibility index (Phi) is 9.42. The SMILES string of the molecule is CCOC(=O)COc1ccc(C=C2C(=O)N(c3ccc(C)c(C)c3)C(=S)N(c3ccc(C)c(C)c3)C2=O)cc1OCC. The molecule has 8 nitrogen and oxygen atoms in total. The molecule has 1 fully saturated rings. The van der Waals surface area contributed by atoms with Crippen LogP contribution in [0.2, 0.25) is 0 Å². The molecule has 1 aliphatic rings. The van der Waals surface area contributed by atoms with E-state index in [0.29, 0.717) is 35.0 Å². The molecular weight excluding hydrogens is 552 g/mol. The third-order valence-corrected chi connectivity index (χ3v) is 7.34. The zero-order valence-electron chi connectivity index (χ0n) is 24.6. The highest BCUT2D eigenvalue weighted by atomic mass is 32.1. The third-order valence-electron chi connectivity index (χ3n) is 6.98. The van der Waals surface area contributed by atoms with Gasteiger partial charge in [-0.1, -0.05) is 18.2 Å². The van der Waals surface area contributed by atoms with Gasteiger partial charge in [0.15, 0.2) is 23.2 Å².